The summed E-state index contributed by atoms with van der Waals surface area (Å²) in [6.07, 6.45) is 67.8. The predicted octanol–water partition coefficient (Wildman–Crippen LogP) is 18.8. The lowest BCUT2D eigenvalue weighted by molar-refractivity contribution is -0.167. The van der Waals surface area contributed by atoms with Gasteiger partial charge < -0.3 is 14.2 Å². The van der Waals surface area contributed by atoms with Crippen LogP contribution in [0.3, 0.4) is 0 Å². The van der Waals surface area contributed by atoms with Crippen molar-refractivity contribution in [3.63, 3.8) is 0 Å². The van der Waals surface area contributed by atoms with Gasteiger partial charge in [0, 0.05) is 19.3 Å². The average molecular weight is 924 g/mol. The summed E-state index contributed by atoms with van der Waals surface area (Å²) in [4.78, 5) is 38.1. The van der Waals surface area contributed by atoms with Crippen LogP contribution in [0, 0.1) is 0 Å². The van der Waals surface area contributed by atoms with E-state index in [1.807, 2.05) is 0 Å². The monoisotopic (exact) mass is 923 g/mol. The zero-order valence-electron chi connectivity index (χ0n) is 43.7. The van der Waals surface area contributed by atoms with Crippen LogP contribution < -0.4 is 0 Å². The van der Waals surface area contributed by atoms with E-state index in [1.54, 1.807) is 0 Å². The molecule has 0 amide bonds. The first-order valence-electron chi connectivity index (χ1n) is 28.3. The van der Waals surface area contributed by atoms with Gasteiger partial charge in [-0.15, -0.1) is 0 Å². The molecule has 0 aromatic carbocycles. The van der Waals surface area contributed by atoms with Crippen molar-refractivity contribution in [3.05, 3.63) is 60.8 Å². The number of rotatable bonds is 51. The molecule has 0 heterocycles. The first-order chi connectivity index (χ1) is 32.5. The molecule has 0 fully saturated rings. The molecule has 0 rings (SSSR count). The van der Waals surface area contributed by atoms with E-state index < -0.39 is 6.10 Å². The molecule has 0 bridgehead atoms. The molecule has 1 unspecified atom stereocenters. The van der Waals surface area contributed by atoms with Gasteiger partial charge in [0.2, 0.25) is 0 Å². The van der Waals surface area contributed by atoms with Crippen LogP contribution >= 0.6 is 0 Å². The van der Waals surface area contributed by atoms with Gasteiger partial charge in [-0.1, -0.05) is 242 Å². The number of ether oxygens (including phenoxy) is 3. The first-order valence-corrected chi connectivity index (χ1v) is 28.3. The van der Waals surface area contributed by atoms with Crippen molar-refractivity contribution in [1.29, 1.82) is 0 Å². The highest BCUT2D eigenvalue weighted by molar-refractivity contribution is 5.71. The van der Waals surface area contributed by atoms with Gasteiger partial charge in [0.15, 0.2) is 6.10 Å². The number of hydrogen-bond donors (Lipinski definition) is 0. The van der Waals surface area contributed by atoms with Crippen LogP contribution in [-0.2, 0) is 28.6 Å². The molecule has 0 aliphatic rings. The number of carbonyl (C=O) groups is 3. The molecule has 0 spiro atoms. The highest BCUT2D eigenvalue weighted by atomic mass is 16.6. The fourth-order valence-corrected chi connectivity index (χ4v) is 8.02. The van der Waals surface area contributed by atoms with Crippen LogP contribution in [0.5, 0.6) is 0 Å². The first kappa shape index (κ1) is 63.1. The standard InChI is InChI=1S/C60H106O6/c1-4-7-10-13-16-19-22-24-26-27-28-29-30-31-32-33-34-36-38-41-44-47-50-53-59(62)65-56-57(55-64-58(61)52-49-46-43-40-37-21-18-15-12-9-6-3)66-60(63)54-51-48-45-42-39-35-25-23-20-17-14-11-8-5-2/h7,10,16,19,23-26,28-29,57H,4-6,8-9,11-15,17-18,20-22,27,30-56H2,1-3H3/b10-7-,19-16-,25-23-,26-24-,29-28-. The van der Waals surface area contributed by atoms with Crippen molar-refractivity contribution in [3.8, 4) is 0 Å². The van der Waals surface area contributed by atoms with E-state index in [0.29, 0.717) is 19.3 Å². The molecule has 0 N–H and O–H groups in total. The average Bonchev–Trinajstić information content (AvgIpc) is 3.31. The molecule has 66 heavy (non-hydrogen) atoms. The Kier molecular flexibility index (Phi) is 52.3. The molecule has 0 saturated carbocycles. The van der Waals surface area contributed by atoms with E-state index in [1.165, 1.54) is 148 Å². The molecule has 0 saturated heterocycles. The zero-order chi connectivity index (χ0) is 47.9. The predicted molar refractivity (Wildman–Crippen MR) is 284 cm³/mol. The third-order valence-electron chi connectivity index (χ3n) is 12.3. The highest BCUT2D eigenvalue weighted by Crippen LogP contribution is 2.16. The summed E-state index contributed by atoms with van der Waals surface area (Å²) >= 11 is 0. The van der Waals surface area contributed by atoms with Gasteiger partial charge in [-0.3, -0.25) is 14.4 Å². The topological polar surface area (TPSA) is 78.9 Å². The second-order valence-electron chi connectivity index (χ2n) is 18.8. The zero-order valence-corrected chi connectivity index (χ0v) is 43.7. The molecule has 0 aromatic heterocycles. The molecule has 0 aromatic rings. The Hall–Kier alpha value is -2.89. The minimum absolute atomic E-state index is 0.0760. The summed E-state index contributed by atoms with van der Waals surface area (Å²) in [6.45, 7) is 6.52. The highest BCUT2D eigenvalue weighted by Gasteiger charge is 2.19. The Morgan fingerprint density at radius 1 is 0.318 bits per heavy atom. The Balaban J connectivity index is 4.28. The Morgan fingerprint density at radius 3 is 0.939 bits per heavy atom. The van der Waals surface area contributed by atoms with Crippen molar-refractivity contribution in [2.45, 2.75) is 290 Å². The van der Waals surface area contributed by atoms with Crippen LogP contribution in [0.2, 0.25) is 0 Å². The van der Waals surface area contributed by atoms with Gasteiger partial charge in [0.25, 0.3) is 0 Å². The van der Waals surface area contributed by atoms with E-state index in [4.69, 9.17) is 14.2 Å². The van der Waals surface area contributed by atoms with Crippen LogP contribution in [0.4, 0.5) is 0 Å². The van der Waals surface area contributed by atoms with E-state index in [0.717, 1.165) is 96.3 Å². The maximum atomic E-state index is 12.8. The number of unbranched alkanes of at least 4 members (excludes halogenated alkanes) is 30. The minimum atomic E-state index is -0.777. The van der Waals surface area contributed by atoms with Crippen LogP contribution in [-0.4, -0.2) is 37.2 Å². The number of allylic oxidation sites excluding steroid dienone is 10. The van der Waals surface area contributed by atoms with Crippen molar-refractivity contribution >= 4 is 17.9 Å². The molecule has 0 aliphatic carbocycles. The van der Waals surface area contributed by atoms with Crippen molar-refractivity contribution < 1.29 is 28.6 Å². The van der Waals surface area contributed by atoms with Crippen LogP contribution in [0.15, 0.2) is 60.8 Å². The fraction of sp³-hybridized carbons (Fsp3) is 0.783. The van der Waals surface area contributed by atoms with E-state index in [9.17, 15) is 14.4 Å². The van der Waals surface area contributed by atoms with Crippen molar-refractivity contribution in [2.24, 2.45) is 0 Å². The van der Waals surface area contributed by atoms with Crippen molar-refractivity contribution in [1.82, 2.24) is 0 Å². The summed E-state index contributed by atoms with van der Waals surface area (Å²) in [7, 11) is 0. The van der Waals surface area contributed by atoms with Gasteiger partial charge >= 0.3 is 17.9 Å². The third kappa shape index (κ3) is 52.1. The second-order valence-corrected chi connectivity index (χ2v) is 18.8. The molecular formula is C60H106O6. The largest absolute Gasteiger partial charge is 0.462 e. The fourth-order valence-electron chi connectivity index (χ4n) is 8.02. The number of hydrogen-bond acceptors (Lipinski definition) is 6. The van der Waals surface area contributed by atoms with E-state index >= 15 is 0 Å². The Labute approximate surface area is 409 Å². The van der Waals surface area contributed by atoms with Crippen LogP contribution in [0.1, 0.15) is 284 Å². The SMILES string of the molecule is CC/C=C\C/C=C\C/C=C\C/C=C\CCCCCCCCCCCCC(=O)OCC(COC(=O)CCCCCCCCCCCCC)OC(=O)CCCCCCC/C=C\CCCCCCC. The van der Waals surface area contributed by atoms with E-state index in [-0.39, 0.29) is 31.1 Å². The molecule has 0 aliphatic heterocycles. The summed E-state index contributed by atoms with van der Waals surface area (Å²) in [5.74, 6) is -0.880. The lowest BCUT2D eigenvalue weighted by Gasteiger charge is -2.18. The number of carbonyl (C=O) groups excluding carboxylic acids is 3. The Morgan fingerprint density at radius 2 is 0.591 bits per heavy atom. The summed E-state index contributed by atoms with van der Waals surface area (Å²) in [5.41, 5.74) is 0. The molecule has 6 nitrogen and oxygen atoms in total. The number of esters is 3. The lowest BCUT2D eigenvalue weighted by Crippen LogP contribution is -2.30. The lowest BCUT2D eigenvalue weighted by atomic mass is 10.1. The summed E-state index contributed by atoms with van der Waals surface area (Å²) in [5, 5.41) is 0. The molecule has 1 atom stereocenters. The van der Waals surface area contributed by atoms with Gasteiger partial charge in [0.1, 0.15) is 13.2 Å². The van der Waals surface area contributed by atoms with Crippen molar-refractivity contribution in [2.75, 3.05) is 13.2 Å². The molecular weight excluding hydrogens is 817 g/mol. The summed E-state index contributed by atoms with van der Waals surface area (Å²) < 4.78 is 16.8. The quantitative estimate of drug-likeness (QED) is 0.0262. The van der Waals surface area contributed by atoms with Crippen LogP contribution in [0.25, 0.3) is 0 Å². The van der Waals surface area contributed by atoms with Gasteiger partial charge in [-0.2, -0.15) is 0 Å². The maximum Gasteiger partial charge on any atom is 0.306 e. The second kappa shape index (κ2) is 54.7. The Bertz CT molecular complexity index is 1200. The maximum absolute atomic E-state index is 12.8. The molecule has 0 radical (unpaired) electrons. The van der Waals surface area contributed by atoms with Gasteiger partial charge in [0.05, 0.1) is 0 Å². The minimum Gasteiger partial charge on any atom is -0.462 e. The van der Waals surface area contributed by atoms with E-state index in [2.05, 4.69) is 81.5 Å². The summed E-state index contributed by atoms with van der Waals surface area (Å²) in [6, 6.07) is 0. The third-order valence-corrected chi connectivity index (χ3v) is 12.3. The normalized spacial score (nSPS) is 12.5. The molecule has 6 heteroatoms. The van der Waals surface area contributed by atoms with Gasteiger partial charge in [-0.25, -0.2) is 0 Å². The smallest absolute Gasteiger partial charge is 0.306 e. The molecule has 382 valence electrons. The van der Waals surface area contributed by atoms with Gasteiger partial charge in [-0.05, 0) is 83.5 Å².